The van der Waals surface area contributed by atoms with Gasteiger partial charge in [-0.15, -0.1) is 0 Å². The number of hydrogen-bond acceptors (Lipinski definition) is 4. The van der Waals surface area contributed by atoms with Crippen LogP contribution < -0.4 is 14.8 Å². The molecule has 0 bridgehead atoms. The molecule has 2 rings (SSSR count). The highest BCUT2D eigenvalue weighted by Gasteiger charge is 2.16. The number of hydrogen-bond donors (Lipinski definition) is 1. The molecule has 1 aromatic rings. The van der Waals surface area contributed by atoms with Crippen LogP contribution in [0.3, 0.4) is 0 Å². The summed E-state index contributed by atoms with van der Waals surface area (Å²) < 4.78 is 16.7. The third kappa shape index (κ3) is 4.77. The second-order valence-corrected chi connectivity index (χ2v) is 5.95. The number of rotatable bonds is 7. The van der Waals surface area contributed by atoms with Crippen LogP contribution in [0, 0.1) is 0 Å². The SMILES string of the molecule is COc1cc(CNCC2CCCO2)cc(Cl)c1OC(C)C. The monoisotopic (exact) mass is 313 g/mol. The molecule has 1 fully saturated rings. The largest absolute Gasteiger partial charge is 0.493 e. The molecule has 0 amide bonds. The molecule has 1 atom stereocenters. The Morgan fingerprint density at radius 3 is 2.86 bits per heavy atom. The standard InChI is InChI=1S/C16H24ClNO3/c1-11(2)21-16-14(17)7-12(8-15(16)19-3)9-18-10-13-5-4-6-20-13/h7-8,11,13,18H,4-6,9-10H2,1-3H3. The minimum Gasteiger partial charge on any atom is -0.493 e. The van der Waals surface area contributed by atoms with Crippen LogP contribution in [-0.2, 0) is 11.3 Å². The molecular formula is C16H24ClNO3. The molecule has 1 aromatic carbocycles. The zero-order chi connectivity index (χ0) is 15.2. The summed E-state index contributed by atoms with van der Waals surface area (Å²) in [6.07, 6.45) is 2.69. The third-order valence-electron chi connectivity index (χ3n) is 3.37. The summed E-state index contributed by atoms with van der Waals surface area (Å²) in [7, 11) is 1.63. The maximum absolute atomic E-state index is 6.31. The molecule has 1 saturated heterocycles. The zero-order valence-corrected chi connectivity index (χ0v) is 13.7. The summed E-state index contributed by atoms with van der Waals surface area (Å²) in [5.74, 6) is 1.28. The first-order chi connectivity index (χ1) is 10.1. The Labute approximate surface area is 131 Å². The molecule has 0 radical (unpaired) electrons. The zero-order valence-electron chi connectivity index (χ0n) is 12.9. The fraction of sp³-hybridized carbons (Fsp3) is 0.625. The predicted molar refractivity (Wildman–Crippen MR) is 84.4 cm³/mol. The molecule has 1 heterocycles. The highest BCUT2D eigenvalue weighted by molar-refractivity contribution is 6.32. The van der Waals surface area contributed by atoms with Crippen molar-refractivity contribution in [1.29, 1.82) is 0 Å². The van der Waals surface area contributed by atoms with Gasteiger partial charge in [0, 0.05) is 19.7 Å². The first-order valence-corrected chi connectivity index (χ1v) is 7.83. The first-order valence-electron chi connectivity index (χ1n) is 7.45. The topological polar surface area (TPSA) is 39.7 Å². The van der Waals surface area contributed by atoms with Crippen LogP contribution in [0.5, 0.6) is 11.5 Å². The molecule has 0 aromatic heterocycles. The van der Waals surface area contributed by atoms with E-state index in [1.54, 1.807) is 7.11 Å². The summed E-state index contributed by atoms with van der Waals surface area (Å²) in [6.45, 7) is 6.41. The van der Waals surface area contributed by atoms with Crippen molar-refractivity contribution in [3.63, 3.8) is 0 Å². The van der Waals surface area contributed by atoms with E-state index in [0.717, 1.165) is 38.1 Å². The van der Waals surface area contributed by atoms with Crippen molar-refractivity contribution in [2.45, 2.75) is 45.4 Å². The third-order valence-corrected chi connectivity index (χ3v) is 3.65. The van der Waals surface area contributed by atoms with Crippen LogP contribution in [0.2, 0.25) is 5.02 Å². The second-order valence-electron chi connectivity index (χ2n) is 5.54. The van der Waals surface area contributed by atoms with Gasteiger partial charge in [-0.05, 0) is 44.4 Å². The van der Waals surface area contributed by atoms with Crippen molar-refractivity contribution in [1.82, 2.24) is 5.32 Å². The number of nitrogens with one attached hydrogen (secondary N) is 1. The van der Waals surface area contributed by atoms with E-state index in [0.29, 0.717) is 22.6 Å². The summed E-state index contributed by atoms with van der Waals surface area (Å²) in [4.78, 5) is 0. The average molecular weight is 314 g/mol. The molecule has 0 saturated carbocycles. The molecular weight excluding hydrogens is 290 g/mol. The van der Waals surface area contributed by atoms with Gasteiger partial charge < -0.3 is 19.5 Å². The van der Waals surface area contributed by atoms with E-state index in [2.05, 4.69) is 5.32 Å². The highest BCUT2D eigenvalue weighted by atomic mass is 35.5. The van der Waals surface area contributed by atoms with Crippen LogP contribution in [-0.4, -0.2) is 32.5 Å². The predicted octanol–water partition coefficient (Wildman–Crippen LogP) is 3.40. The van der Waals surface area contributed by atoms with Gasteiger partial charge in [-0.2, -0.15) is 0 Å². The lowest BCUT2D eigenvalue weighted by molar-refractivity contribution is 0.110. The second kappa shape index (κ2) is 7.87. The van der Waals surface area contributed by atoms with Gasteiger partial charge >= 0.3 is 0 Å². The normalized spacial score (nSPS) is 18.2. The summed E-state index contributed by atoms with van der Waals surface area (Å²) in [5.41, 5.74) is 1.07. The van der Waals surface area contributed by atoms with Crippen molar-refractivity contribution < 1.29 is 14.2 Å². The van der Waals surface area contributed by atoms with Gasteiger partial charge in [0.25, 0.3) is 0 Å². The molecule has 1 aliphatic rings. The summed E-state index contributed by atoms with van der Waals surface area (Å²) in [5, 5.41) is 3.98. The summed E-state index contributed by atoms with van der Waals surface area (Å²) in [6, 6.07) is 3.89. The van der Waals surface area contributed by atoms with Gasteiger partial charge in [-0.25, -0.2) is 0 Å². The quantitative estimate of drug-likeness (QED) is 0.837. The molecule has 0 aliphatic carbocycles. The van der Waals surface area contributed by atoms with Crippen molar-refractivity contribution in [3.8, 4) is 11.5 Å². The molecule has 5 heteroatoms. The molecule has 1 N–H and O–H groups in total. The maximum Gasteiger partial charge on any atom is 0.180 e. The van der Waals surface area contributed by atoms with E-state index in [1.807, 2.05) is 26.0 Å². The minimum absolute atomic E-state index is 0.0555. The lowest BCUT2D eigenvalue weighted by Gasteiger charge is -2.17. The summed E-state index contributed by atoms with van der Waals surface area (Å²) >= 11 is 6.31. The first kappa shape index (κ1) is 16.4. The van der Waals surface area contributed by atoms with Crippen LogP contribution in [0.1, 0.15) is 32.3 Å². The van der Waals surface area contributed by atoms with E-state index < -0.39 is 0 Å². The molecule has 1 aliphatic heterocycles. The van der Waals surface area contributed by atoms with Crippen molar-refractivity contribution in [3.05, 3.63) is 22.7 Å². The van der Waals surface area contributed by atoms with Crippen molar-refractivity contribution >= 4 is 11.6 Å². The Morgan fingerprint density at radius 2 is 2.24 bits per heavy atom. The highest BCUT2D eigenvalue weighted by Crippen LogP contribution is 2.37. The lowest BCUT2D eigenvalue weighted by Crippen LogP contribution is -2.25. The van der Waals surface area contributed by atoms with Gasteiger partial charge in [-0.1, -0.05) is 11.6 Å². The van der Waals surface area contributed by atoms with Gasteiger partial charge in [0.2, 0.25) is 0 Å². The molecule has 21 heavy (non-hydrogen) atoms. The Bertz CT molecular complexity index is 459. The fourth-order valence-corrected chi connectivity index (χ4v) is 2.69. The molecule has 4 nitrogen and oxygen atoms in total. The van der Waals surface area contributed by atoms with Gasteiger partial charge in [0.05, 0.1) is 24.3 Å². The number of halogens is 1. The van der Waals surface area contributed by atoms with Crippen LogP contribution in [0.25, 0.3) is 0 Å². The van der Waals surface area contributed by atoms with E-state index >= 15 is 0 Å². The fourth-order valence-electron chi connectivity index (χ4n) is 2.41. The number of ether oxygens (including phenoxy) is 3. The Hall–Kier alpha value is -0.970. The Kier molecular flexibility index (Phi) is 6.15. The van der Waals surface area contributed by atoms with Crippen LogP contribution in [0.4, 0.5) is 0 Å². The van der Waals surface area contributed by atoms with E-state index in [1.165, 1.54) is 0 Å². The molecule has 0 spiro atoms. The van der Waals surface area contributed by atoms with Gasteiger partial charge in [0.1, 0.15) is 0 Å². The Morgan fingerprint density at radius 1 is 1.43 bits per heavy atom. The van der Waals surface area contributed by atoms with Crippen molar-refractivity contribution in [2.24, 2.45) is 0 Å². The molecule has 1 unspecified atom stereocenters. The minimum atomic E-state index is 0.0555. The van der Waals surface area contributed by atoms with Gasteiger partial charge in [-0.3, -0.25) is 0 Å². The Balaban J connectivity index is 1.97. The van der Waals surface area contributed by atoms with E-state index in [4.69, 9.17) is 25.8 Å². The van der Waals surface area contributed by atoms with Crippen LogP contribution >= 0.6 is 11.6 Å². The smallest absolute Gasteiger partial charge is 0.180 e. The average Bonchev–Trinajstić information content (AvgIpc) is 2.94. The van der Waals surface area contributed by atoms with Crippen molar-refractivity contribution in [2.75, 3.05) is 20.3 Å². The number of benzene rings is 1. The molecule has 118 valence electrons. The lowest BCUT2D eigenvalue weighted by atomic mass is 10.2. The van der Waals surface area contributed by atoms with E-state index in [9.17, 15) is 0 Å². The number of methoxy groups -OCH3 is 1. The maximum atomic E-state index is 6.31. The van der Waals surface area contributed by atoms with E-state index in [-0.39, 0.29) is 6.10 Å². The van der Waals surface area contributed by atoms with Crippen LogP contribution in [0.15, 0.2) is 12.1 Å². The van der Waals surface area contributed by atoms with Gasteiger partial charge in [0.15, 0.2) is 11.5 Å².